The van der Waals surface area contributed by atoms with Gasteiger partial charge in [-0.05, 0) is 25.1 Å². The first-order chi connectivity index (χ1) is 9.97. The first-order valence-corrected chi connectivity index (χ1v) is 6.60. The second-order valence-corrected chi connectivity index (χ2v) is 5.00. The van der Waals surface area contributed by atoms with E-state index in [2.05, 4.69) is 15.3 Å². The third-order valence-electron chi connectivity index (χ3n) is 3.00. The first kappa shape index (κ1) is 14.8. The number of benzene rings is 1. The van der Waals surface area contributed by atoms with Crippen molar-refractivity contribution in [2.24, 2.45) is 0 Å². The molecule has 6 nitrogen and oxygen atoms in total. The molecule has 0 spiro atoms. The van der Waals surface area contributed by atoms with Crippen LogP contribution < -0.4 is 11.1 Å². The highest BCUT2D eigenvalue weighted by atomic mass is 16.2. The number of nitrogens with zero attached hydrogens (tertiary/aromatic N) is 3. The fourth-order valence-electron chi connectivity index (χ4n) is 1.81. The van der Waals surface area contributed by atoms with Gasteiger partial charge in [0.1, 0.15) is 0 Å². The van der Waals surface area contributed by atoms with Crippen molar-refractivity contribution in [2.45, 2.75) is 13.5 Å². The van der Waals surface area contributed by atoms with Gasteiger partial charge in [0.15, 0.2) is 0 Å². The third-order valence-corrected chi connectivity index (χ3v) is 3.00. The van der Waals surface area contributed by atoms with E-state index >= 15 is 0 Å². The lowest BCUT2D eigenvalue weighted by atomic mass is 10.1. The predicted molar refractivity (Wildman–Crippen MR) is 83.0 cm³/mol. The molecule has 0 atom stereocenters. The summed E-state index contributed by atoms with van der Waals surface area (Å²) in [4.78, 5) is 21.8. The molecule has 3 N–H and O–H groups in total. The Labute approximate surface area is 124 Å². The molecule has 21 heavy (non-hydrogen) atoms. The van der Waals surface area contributed by atoms with Crippen LogP contribution in [0.4, 0.5) is 11.4 Å². The van der Waals surface area contributed by atoms with Crippen LogP contribution in [0.15, 0.2) is 30.6 Å². The number of nitrogen functional groups attached to an aromatic ring is 1. The van der Waals surface area contributed by atoms with E-state index in [1.54, 1.807) is 44.7 Å². The largest absolute Gasteiger partial charge is 0.397 e. The third kappa shape index (κ3) is 3.68. The fraction of sp³-hybridized carbons (Fsp3) is 0.267. The average Bonchev–Trinajstić information content (AvgIpc) is 2.46. The smallest absolute Gasteiger partial charge is 0.253 e. The van der Waals surface area contributed by atoms with Crippen LogP contribution in [0, 0.1) is 6.92 Å². The van der Waals surface area contributed by atoms with Crippen LogP contribution in [-0.4, -0.2) is 34.9 Å². The number of aryl methyl sites for hydroxylation is 1. The van der Waals surface area contributed by atoms with Gasteiger partial charge in [0, 0.05) is 25.9 Å². The fourth-order valence-corrected chi connectivity index (χ4v) is 1.81. The molecule has 0 aliphatic carbocycles. The Balaban J connectivity index is 2.07. The second-order valence-electron chi connectivity index (χ2n) is 5.00. The summed E-state index contributed by atoms with van der Waals surface area (Å²) in [6.07, 6.45) is 3.45. The molecule has 0 saturated carbocycles. The molecule has 1 heterocycles. The van der Waals surface area contributed by atoms with Crippen LogP contribution >= 0.6 is 0 Å². The number of hydrogen-bond donors (Lipinski definition) is 2. The molecule has 6 heteroatoms. The molecule has 0 aliphatic heterocycles. The maximum atomic E-state index is 11.9. The summed E-state index contributed by atoms with van der Waals surface area (Å²) in [5, 5.41) is 3.19. The summed E-state index contributed by atoms with van der Waals surface area (Å²) in [7, 11) is 3.42. The maximum absolute atomic E-state index is 11.9. The van der Waals surface area contributed by atoms with Crippen molar-refractivity contribution in [1.82, 2.24) is 14.9 Å². The molecule has 1 aromatic carbocycles. The quantitative estimate of drug-likeness (QED) is 0.835. The van der Waals surface area contributed by atoms with Crippen LogP contribution in [0.1, 0.15) is 21.7 Å². The number of nitrogens with one attached hydrogen (secondary N) is 1. The number of aromatic nitrogens is 2. The van der Waals surface area contributed by atoms with Gasteiger partial charge in [-0.15, -0.1) is 0 Å². The molecule has 1 amide bonds. The molecule has 2 aromatic rings. The molecule has 0 saturated heterocycles. The van der Waals surface area contributed by atoms with E-state index < -0.39 is 0 Å². The number of carbonyl (C=O) groups is 1. The summed E-state index contributed by atoms with van der Waals surface area (Å²) >= 11 is 0. The molecule has 0 aliphatic rings. The highest BCUT2D eigenvalue weighted by molar-refractivity contribution is 5.95. The van der Waals surface area contributed by atoms with Crippen molar-refractivity contribution < 1.29 is 4.79 Å². The van der Waals surface area contributed by atoms with E-state index in [1.165, 1.54) is 4.90 Å². The van der Waals surface area contributed by atoms with E-state index in [0.717, 1.165) is 17.1 Å². The van der Waals surface area contributed by atoms with Crippen molar-refractivity contribution in [2.75, 3.05) is 25.1 Å². The van der Waals surface area contributed by atoms with Crippen LogP contribution in [0.5, 0.6) is 0 Å². The Morgan fingerprint density at radius 2 is 2.05 bits per heavy atom. The number of hydrogen-bond acceptors (Lipinski definition) is 5. The standard InChI is InChI=1S/C15H19N5O/c1-10-7-18-12(8-17-10)9-19-14-5-4-11(6-13(14)16)15(21)20(2)3/h4-8,19H,9,16H2,1-3H3. The molecular formula is C15H19N5O. The van der Waals surface area contributed by atoms with Crippen molar-refractivity contribution >= 4 is 17.3 Å². The monoisotopic (exact) mass is 285 g/mol. The van der Waals surface area contributed by atoms with Gasteiger partial charge in [-0.1, -0.05) is 0 Å². The molecule has 0 unspecified atom stereocenters. The lowest BCUT2D eigenvalue weighted by Gasteiger charge is -2.13. The first-order valence-electron chi connectivity index (χ1n) is 6.60. The Kier molecular flexibility index (Phi) is 4.37. The van der Waals surface area contributed by atoms with Crippen LogP contribution in [0.3, 0.4) is 0 Å². The normalized spacial score (nSPS) is 10.2. The average molecular weight is 285 g/mol. The van der Waals surface area contributed by atoms with Crippen LogP contribution in [0.2, 0.25) is 0 Å². The van der Waals surface area contributed by atoms with E-state index in [1.807, 2.05) is 6.92 Å². The highest BCUT2D eigenvalue weighted by Gasteiger charge is 2.10. The summed E-state index contributed by atoms with van der Waals surface area (Å²) in [6.45, 7) is 2.42. The summed E-state index contributed by atoms with van der Waals surface area (Å²) in [6, 6.07) is 5.22. The molecule has 110 valence electrons. The molecular weight excluding hydrogens is 266 g/mol. The lowest BCUT2D eigenvalue weighted by Crippen LogP contribution is -2.21. The lowest BCUT2D eigenvalue weighted by molar-refractivity contribution is 0.0827. The Morgan fingerprint density at radius 1 is 1.29 bits per heavy atom. The van der Waals surface area contributed by atoms with Crippen molar-refractivity contribution in [3.8, 4) is 0 Å². The van der Waals surface area contributed by atoms with E-state index in [-0.39, 0.29) is 5.91 Å². The zero-order valence-corrected chi connectivity index (χ0v) is 12.4. The van der Waals surface area contributed by atoms with Gasteiger partial charge in [0.05, 0.1) is 35.5 Å². The number of rotatable bonds is 4. The summed E-state index contributed by atoms with van der Waals surface area (Å²) < 4.78 is 0. The zero-order valence-electron chi connectivity index (χ0n) is 12.4. The van der Waals surface area contributed by atoms with Crippen LogP contribution in [0.25, 0.3) is 0 Å². The van der Waals surface area contributed by atoms with Gasteiger partial charge in [-0.25, -0.2) is 0 Å². The van der Waals surface area contributed by atoms with Gasteiger partial charge in [-0.2, -0.15) is 0 Å². The second kappa shape index (κ2) is 6.21. The van der Waals surface area contributed by atoms with Gasteiger partial charge in [0.25, 0.3) is 5.91 Å². The number of carbonyl (C=O) groups excluding carboxylic acids is 1. The number of nitrogens with two attached hydrogens (primary N) is 1. The SMILES string of the molecule is Cc1cnc(CNc2ccc(C(=O)N(C)C)cc2N)cn1. The van der Waals surface area contributed by atoms with Crippen molar-refractivity contribution in [1.29, 1.82) is 0 Å². The van der Waals surface area contributed by atoms with Gasteiger partial charge >= 0.3 is 0 Å². The number of anilines is 2. The van der Waals surface area contributed by atoms with Crippen LogP contribution in [-0.2, 0) is 6.54 Å². The molecule has 1 aromatic heterocycles. The Hall–Kier alpha value is -2.63. The predicted octanol–water partition coefficient (Wildman–Crippen LogP) is 1.68. The minimum absolute atomic E-state index is 0.0716. The Bertz CT molecular complexity index is 637. The van der Waals surface area contributed by atoms with Crippen molar-refractivity contribution in [3.05, 3.63) is 47.5 Å². The minimum atomic E-state index is -0.0716. The zero-order chi connectivity index (χ0) is 15.4. The van der Waals surface area contributed by atoms with Gasteiger partial charge in [-0.3, -0.25) is 14.8 Å². The topological polar surface area (TPSA) is 84.1 Å². The molecule has 2 rings (SSSR count). The van der Waals surface area contributed by atoms with Gasteiger partial charge in [0.2, 0.25) is 0 Å². The Morgan fingerprint density at radius 3 is 2.62 bits per heavy atom. The number of amides is 1. The maximum Gasteiger partial charge on any atom is 0.253 e. The molecule has 0 bridgehead atoms. The highest BCUT2D eigenvalue weighted by Crippen LogP contribution is 2.21. The van der Waals surface area contributed by atoms with Crippen molar-refractivity contribution in [3.63, 3.8) is 0 Å². The van der Waals surface area contributed by atoms with Gasteiger partial charge < -0.3 is 16.0 Å². The minimum Gasteiger partial charge on any atom is -0.397 e. The van der Waals surface area contributed by atoms with E-state index in [4.69, 9.17) is 5.73 Å². The molecule has 0 radical (unpaired) electrons. The molecule has 0 fully saturated rings. The summed E-state index contributed by atoms with van der Waals surface area (Å²) in [5.74, 6) is -0.0716. The summed E-state index contributed by atoms with van der Waals surface area (Å²) in [5.41, 5.74) is 9.55. The van der Waals surface area contributed by atoms with E-state index in [9.17, 15) is 4.79 Å². The van der Waals surface area contributed by atoms with E-state index in [0.29, 0.717) is 17.8 Å².